The Hall–Kier alpha value is -1.74. The molecule has 1 atom stereocenters. The Morgan fingerprint density at radius 1 is 1.25 bits per heavy atom. The zero-order chi connectivity index (χ0) is 11.5. The van der Waals surface area contributed by atoms with Gasteiger partial charge in [0.05, 0.1) is 6.20 Å². The average molecular weight is 217 g/mol. The van der Waals surface area contributed by atoms with Gasteiger partial charge in [-0.05, 0) is 24.1 Å². The van der Waals surface area contributed by atoms with Crippen LogP contribution in [-0.4, -0.2) is 10.1 Å². The number of aliphatic hydroxyl groups is 1. The van der Waals surface area contributed by atoms with Crippen LogP contribution in [0.1, 0.15) is 22.8 Å². The van der Waals surface area contributed by atoms with Crippen LogP contribution in [-0.2, 0) is 0 Å². The maximum absolute atomic E-state index is 13.0. The molecular weight excluding hydrogens is 205 g/mol. The number of benzene rings is 1. The Labute approximate surface area is 93.4 Å². The molecule has 0 aliphatic heterocycles. The largest absolute Gasteiger partial charge is 0.384 e. The molecule has 0 fully saturated rings. The molecule has 2 nitrogen and oxygen atoms in total. The lowest BCUT2D eigenvalue weighted by Crippen LogP contribution is -2.02. The van der Waals surface area contributed by atoms with Gasteiger partial charge in [-0.25, -0.2) is 4.39 Å². The van der Waals surface area contributed by atoms with E-state index < -0.39 is 11.9 Å². The third-order valence-corrected chi connectivity index (χ3v) is 2.52. The fourth-order valence-corrected chi connectivity index (χ4v) is 1.65. The van der Waals surface area contributed by atoms with Gasteiger partial charge in [0, 0.05) is 11.8 Å². The van der Waals surface area contributed by atoms with Gasteiger partial charge in [0.2, 0.25) is 0 Å². The third-order valence-electron chi connectivity index (χ3n) is 2.52. The van der Waals surface area contributed by atoms with Crippen molar-refractivity contribution in [2.45, 2.75) is 13.0 Å². The summed E-state index contributed by atoms with van der Waals surface area (Å²) in [5.41, 5.74) is 2.21. The molecule has 1 heterocycles. The Kier molecular flexibility index (Phi) is 2.97. The molecular formula is C13H12FNO. The minimum atomic E-state index is -0.829. The number of aliphatic hydroxyl groups excluding tert-OH is 1. The van der Waals surface area contributed by atoms with Gasteiger partial charge in [0.25, 0.3) is 0 Å². The SMILES string of the molecule is Cc1ccccc1C(O)c1cncc(F)c1. The number of hydrogen-bond acceptors (Lipinski definition) is 2. The summed E-state index contributed by atoms with van der Waals surface area (Å²) < 4.78 is 13.0. The second kappa shape index (κ2) is 4.41. The van der Waals surface area contributed by atoms with E-state index in [-0.39, 0.29) is 0 Å². The normalized spacial score (nSPS) is 12.4. The molecule has 82 valence electrons. The summed E-state index contributed by atoms with van der Waals surface area (Å²) in [6.45, 7) is 1.91. The summed E-state index contributed by atoms with van der Waals surface area (Å²) in [4.78, 5) is 3.73. The lowest BCUT2D eigenvalue weighted by molar-refractivity contribution is 0.218. The lowest BCUT2D eigenvalue weighted by atomic mass is 9.99. The first-order chi connectivity index (χ1) is 7.68. The van der Waals surface area contributed by atoms with E-state index in [4.69, 9.17) is 0 Å². The molecule has 0 aliphatic rings. The zero-order valence-electron chi connectivity index (χ0n) is 8.89. The van der Waals surface area contributed by atoms with Crippen LogP contribution in [0.15, 0.2) is 42.7 Å². The van der Waals surface area contributed by atoms with E-state index in [2.05, 4.69) is 4.98 Å². The van der Waals surface area contributed by atoms with Crippen molar-refractivity contribution in [1.29, 1.82) is 0 Å². The first-order valence-corrected chi connectivity index (χ1v) is 5.02. The molecule has 0 aliphatic carbocycles. The van der Waals surface area contributed by atoms with Crippen molar-refractivity contribution in [3.8, 4) is 0 Å². The van der Waals surface area contributed by atoms with Crippen LogP contribution in [0.2, 0.25) is 0 Å². The second-order valence-corrected chi connectivity index (χ2v) is 3.70. The molecule has 1 aromatic heterocycles. The van der Waals surface area contributed by atoms with Crippen LogP contribution >= 0.6 is 0 Å². The van der Waals surface area contributed by atoms with Crippen molar-refractivity contribution < 1.29 is 9.50 Å². The monoisotopic (exact) mass is 217 g/mol. The van der Waals surface area contributed by atoms with Crippen molar-refractivity contribution >= 4 is 0 Å². The van der Waals surface area contributed by atoms with E-state index in [9.17, 15) is 9.50 Å². The van der Waals surface area contributed by atoms with Crippen LogP contribution in [0.5, 0.6) is 0 Å². The summed E-state index contributed by atoms with van der Waals surface area (Å²) in [5, 5.41) is 10.1. The van der Waals surface area contributed by atoms with E-state index in [1.165, 1.54) is 12.3 Å². The summed E-state index contributed by atoms with van der Waals surface area (Å²) in [7, 11) is 0. The molecule has 1 unspecified atom stereocenters. The lowest BCUT2D eigenvalue weighted by Gasteiger charge is -2.13. The van der Waals surface area contributed by atoms with Crippen molar-refractivity contribution in [2.75, 3.05) is 0 Å². The van der Waals surface area contributed by atoms with Crippen molar-refractivity contribution in [2.24, 2.45) is 0 Å². The fraction of sp³-hybridized carbons (Fsp3) is 0.154. The molecule has 0 spiro atoms. The van der Waals surface area contributed by atoms with Crippen LogP contribution in [0.3, 0.4) is 0 Å². The van der Waals surface area contributed by atoms with Crippen LogP contribution in [0, 0.1) is 12.7 Å². The highest BCUT2D eigenvalue weighted by Crippen LogP contribution is 2.24. The molecule has 2 aromatic rings. The molecule has 0 saturated carbocycles. The molecule has 3 heteroatoms. The molecule has 1 N–H and O–H groups in total. The van der Waals surface area contributed by atoms with Crippen LogP contribution in [0.25, 0.3) is 0 Å². The first-order valence-electron chi connectivity index (χ1n) is 5.02. The summed E-state index contributed by atoms with van der Waals surface area (Å²) in [5.74, 6) is -0.440. The van der Waals surface area contributed by atoms with Crippen molar-refractivity contribution in [1.82, 2.24) is 4.98 Å². The predicted octanol–water partition coefficient (Wildman–Crippen LogP) is 2.61. The van der Waals surface area contributed by atoms with Gasteiger partial charge in [-0.15, -0.1) is 0 Å². The van der Waals surface area contributed by atoms with Gasteiger partial charge in [0.15, 0.2) is 0 Å². The van der Waals surface area contributed by atoms with Crippen LogP contribution in [0.4, 0.5) is 4.39 Å². The standard InChI is InChI=1S/C13H12FNO/c1-9-4-2-3-5-12(9)13(16)10-6-11(14)8-15-7-10/h2-8,13,16H,1H3. The number of rotatable bonds is 2. The van der Waals surface area contributed by atoms with Gasteiger partial charge >= 0.3 is 0 Å². The van der Waals surface area contributed by atoms with Gasteiger partial charge in [0.1, 0.15) is 11.9 Å². The first kappa shape index (κ1) is 10.8. The predicted molar refractivity (Wildman–Crippen MR) is 59.4 cm³/mol. The Morgan fingerprint density at radius 2 is 2.00 bits per heavy atom. The number of aryl methyl sites for hydroxylation is 1. The highest BCUT2D eigenvalue weighted by Gasteiger charge is 2.13. The van der Waals surface area contributed by atoms with E-state index in [1.54, 1.807) is 0 Å². The van der Waals surface area contributed by atoms with Gasteiger partial charge in [-0.2, -0.15) is 0 Å². The average Bonchev–Trinajstić information content (AvgIpc) is 2.29. The van der Waals surface area contributed by atoms with E-state index in [1.807, 2.05) is 31.2 Å². The smallest absolute Gasteiger partial charge is 0.141 e. The van der Waals surface area contributed by atoms with Crippen molar-refractivity contribution in [3.63, 3.8) is 0 Å². The molecule has 0 saturated heterocycles. The maximum atomic E-state index is 13.0. The number of halogens is 1. The van der Waals surface area contributed by atoms with Gasteiger partial charge in [-0.3, -0.25) is 4.98 Å². The number of aromatic nitrogens is 1. The molecule has 0 amide bonds. The number of hydrogen-bond donors (Lipinski definition) is 1. The van der Waals surface area contributed by atoms with Crippen molar-refractivity contribution in [3.05, 3.63) is 65.2 Å². The second-order valence-electron chi connectivity index (χ2n) is 3.70. The minimum Gasteiger partial charge on any atom is -0.384 e. The molecule has 1 aromatic carbocycles. The summed E-state index contributed by atoms with van der Waals surface area (Å²) >= 11 is 0. The quantitative estimate of drug-likeness (QED) is 0.838. The highest BCUT2D eigenvalue weighted by molar-refractivity contribution is 5.34. The van der Waals surface area contributed by atoms with E-state index in [0.717, 1.165) is 17.3 Å². The number of nitrogens with zero attached hydrogens (tertiary/aromatic N) is 1. The molecule has 0 bridgehead atoms. The van der Waals surface area contributed by atoms with E-state index >= 15 is 0 Å². The molecule has 16 heavy (non-hydrogen) atoms. The third kappa shape index (κ3) is 2.09. The Morgan fingerprint density at radius 3 is 2.69 bits per heavy atom. The molecule has 0 radical (unpaired) electrons. The summed E-state index contributed by atoms with van der Waals surface area (Å²) in [6.07, 6.45) is 1.76. The van der Waals surface area contributed by atoms with Gasteiger partial charge in [-0.1, -0.05) is 24.3 Å². The number of pyridine rings is 1. The zero-order valence-corrected chi connectivity index (χ0v) is 8.89. The molecule has 2 rings (SSSR count). The fourth-order valence-electron chi connectivity index (χ4n) is 1.65. The highest BCUT2D eigenvalue weighted by atomic mass is 19.1. The summed E-state index contributed by atoms with van der Waals surface area (Å²) in [6, 6.07) is 8.77. The Bertz CT molecular complexity index is 499. The Balaban J connectivity index is 2.39. The van der Waals surface area contributed by atoms with Gasteiger partial charge < -0.3 is 5.11 Å². The maximum Gasteiger partial charge on any atom is 0.141 e. The van der Waals surface area contributed by atoms with Crippen LogP contribution < -0.4 is 0 Å². The topological polar surface area (TPSA) is 33.1 Å². The minimum absolute atomic E-state index is 0.440. The van der Waals surface area contributed by atoms with E-state index in [0.29, 0.717) is 5.56 Å².